The van der Waals surface area contributed by atoms with Gasteiger partial charge in [0, 0.05) is 11.8 Å². The Morgan fingerprint density at radius 3 is 2.91 bits per heavy atom. The zero-order valence-corrected chi connectivity index (χ0v) is 6.25. The van der Waals surface area contributed by atoms with Crippen molar-refractivity contribution in [1.82, 2.24) is 0 Å². The molecule has 0 saturated heterocycles. The molecule has 0 atom stereocenters. The summed E-state index contributed by atoms with van der Waals surface area (Å²) in [5.41, 5.74) is -0.0577. The van der Waals surface area contributed by atoms with Gasteiger partial charge in [0.2, 0.25) is 0 Å². The van der Waals surface area contributed by atoms with Crippen molar-refractivity contribution in [3.63, 3.8) is 0 Å². The maximum atomic E-state index is 10.6. The normalized spacial score (nSPS) is 19.6. The molecule has 1 aromatic rings. The number of rotatable bonds is 3. The van der Waals surface area contributed by atoms with E-state index in [1.54, 1.807) is 6.26 Å². The number of furan rings is 1. The minimum atomic E-state index is -0.0577. The number of hydrogen-bond acceptors (Lipinski definition) is 2. The van der Waals surface area contributed by atoms with E-state index in [0.717, 1.165) is 31.3 Å². The Labute approximate surface area is 65.2 Å². The molecular weight excluding hydrogens is 140 g/mol. The lowest BCUT2D eigenvalue weighted by Gasteiger charge is -2.01. The minimum absolute atomic E-state index is 0.0577. The van der Waals surface area contributed by atoms with E-state index in [9.17, 15) is 4.79 Å². The number of carbonyl (C=O) groups is 1. The van der Waals surface area contributed by atoms with Gasteiger partial charge in [-0.25, -0.2) is 0 Å². The van der Waals surface area contributed by atoms with Crippen LogP contribution in [0.15, 0.2) is 22.8 Å². The molecule has 1 aliphatic carbocycles. The van der Waals surface area contributed by atoms with E-state index < -0.39 is 0 Å². The molecule has 0 spiro atoms. The van der Waals surface area contributed by atoms with Crippen molar-refractivity contribution >= 4 is 6.29 Å². The molecule has 58 valence electrons. The van der Waals surface area contributed by atoms with E-state index in [1.807, 2.05) is 12.1 Å². The van der Waals surface area contributed by atoms with Gasteiger partial charge in [0.25, 0.3) is 0 Å². The minimum Gasteiger partial charge on any atom is -0.469 e. The van der Waals surface area contributed by atoms with Gasteiger partial charge in [-0.3, -0.25) is 0 Å². The van der Waals surface area contributed by atoms with Crippen molar-refractivity contribution in [1.29, 1.82) is 0 Å². The van der Waals surface area contributed by atoms with Crippen LogP contribution in [0.4, 0.5) is 0 Å². The van der Waals surface area contributed by atoms with Crippen LogP contribution in [0.3, 0.4) is 0 Å². The molecule has 2 nitrogen and oxygen atoms in total. The number of hydrogen-bond donors (Lipinski definition) is 0. The average molecular weight is 150 g/mol. The Kier molecular flexibility index (Phi) is 1.34. The fourth-order valence-electron chi connectivity index (χ4n) is 1.26. The second-order valence-corrected chi connectivity index (χ2v) is 3.24. The molecule has 2 rings (SSSR count). The van der Waals surface area contributed by atoms with Gasteiger partial charge >= 0.3 is 0 Å². The Morgan fingerprint density at radius 2 is 2.45 bits per heavy atom. The van der Waals surface area contributed by atoms with E-state index in [-0.39, 0.29) is 5.41 Å². The van der Waals surface area contributed by atoms with E-state index in [0.29, 0.717) is 0 Å². The van der Waals surface area contributed by atoms with Gasteiger partial charge in [0.05, 0.1) is 6.26 Å². The summed E-state index contributed by atoms with van der Waals surface area (Å²) in [7, 11) is 0. The lowest BCUT2D eigenvalue weighted by atomic mass is 10.0. The van der Waals surface area contributed by atoms with Gasteiger partial charge in [-0.15, -0.1) is 0 Å². The SMILES string of the molecule is O=CC1(Cc2ccco2)CC1. The maximum Gasteiger partial charge on any atom is 0.126 e. The predicted molar refractivity (Wildman–Crippen MR) is 40.1 cm³/mol. The van der Waals surface area contributed by atoms with Crippen LogP contribution < -0.4 is 0 Å². The van der Waals surface area contributed by atoms with Crippen molar-refractivity contribution < 1.29 is 9.21 Å². The van der Waals surface area contributed by atoms with Gasteiger partial charge in [-0.05, 0) is 25.0 Å². The molecule has 0 N–H and O–H groups in total. The molecule has 0 radical (unpaired) electrons. The molecule has 1 aromatic heterocycles. The fraction of sp³-hybridized carbons (Fsp3) is 0.444. The Hall–Kier alpha value is -1.05. The summed E-state index contributed by atoms with van der Waals surface area (Å²) in [6.07, 6.45) is 5.55. The van der Waals surface area contributed by atoms with Gasteiger partial charge < -0.3 is 9.21 Å². The molecule has 0 bridgehead atoms. The second kappa shape index (κ2) is 2.22. The summed E-state index contributed by atoms with van der Waals surface area (Å²) in [6, 6.07) is 3.78. The van der Waals surface area contributed by atoms with Crippen LogP contribution in [-0.2, 0) is 11.2 Å². The summed E-state index contributed by atoms with van der Waals surface area (Å²) >= 11 is 0. The average Bonchev–Trinajstić information content (AvgIpc) is 2.59. The summed E-state index contributed by atoms with van der Waals surface area (Å²) in [5.74, 6) is 0.926. The van der Waals surface area contributed by atoms with Crippen LogP contribution >= 0.6 is 0 Å². The monoisotopic (exact) mass is 150 g/mol. The second-order valence-electron chi connectivity index (χ2n) is 3.24. The Bertz CT molecular complexity index is 245. The van der Waals surface area contributed by atoms with Crippen molar-refractivity contribution in [2.45, 2.75) is 19.3 Å². The quantitative estimate of drug-likeness (QED) is 0.615. The number of aldehydes is 1. The summed E-state index contributed by atoms with van der Waals surface area (Å²) in [5, 5.41) is 0. The third-order valence-corrected chi connectivity index (χ3v) is 2.25. The van der Waals surface area contributed by atoms with Gasteiger partial charge in [-0.2, -0.15) is 0 Å². The molecule has 0 unspecified atom stereocenters. The molecule has 1 fully saturated rings. The van der Waals surface area contributed by atoms with Crippen molar-refractivity contribution in [2.75, 3.05) is 0 Å². The first-order valence-electron chi connectivity index (χ1n) is 3.83. The first-order chi connectivity index (χ1) is 5.35. The van der Waals surface area contributed by atoms with Crippen LogP contribution in [0.2, 0.25) is 0 Å². The van der Waals surface area contributed by atoms with Gasteiger partial charge in [0.1, 0.15) is 12.0 Å². The van der Waals surface area contributed by atoms with Gasteiger partial charge in [-0.1, -0.05) is 0 Å². The molecule has 2 heteroatoms. The van der Waals surface area contributed by atoms with Crippen LogP contribution in [0.25, 0.3) is 0 Å². The van der Waals surface area contributed by atoms with Crippen LogP contribution in [0.1, 0.15) is 18.6 Å². The van der Waals surface area contributed by atoms with Crippen LogP contribution in [0, 0.1) is 5.41 Å². The highest BCUT2D eigenvalue weighted by atomic mass is 16.3. The largest absolute Gasteiger partial charge is 0.469 e. The lowest BCUT2D eigenvalue weighted by Crippen LogP contribution is -2.04. The standard InChI is InChI=1S/C9H10O2/c10-7-9(3-4-9)6-8-2-1-5-11-8/h1-2,5,7H,3-4,6H2. The molecule has 1 saturated carbocycles. The highest BCUT2D eigenvalue weighted by Gasteiger charge is 2.43. The number of carbonyl (C=O) groups excluding carboxylic acids is 1. The molecule has 0 amide bonds. The summed E-state index contributed by atoms with van der Waals surface area (Å²) in [6.45, 7) is 0. The first kappa shape index (κ1) is 6.65. The third kappa shape index (κ3) is 1.20. The van der Waals surface area contributed by atoms with Crippen molar-refractivity contribution in [2.24, 2.45) is 5.41 Å². The summed E-state index contributed by atoms with van der Waals surface area (Å²) < 4.78 is 5.15. The lowest BCUT2D eigenvalue weighted by molar-refractivity contribution is -0.112. The first-order valence-corrected chi connectivity index (χ1v) is 3.83. The van der Waals surface area contributed by atoms with Crippen LogP contribution in [-0.4, -0.2) is 6.29 Å². The highest BCUT2D eigenvalue weighted by Crippen LogP contribution is 2.46. The zero-order chi connectivity index (χ0) is 7.73. The van der Waals surface area contributed by atoms with Crippen molar-refractivity contribution in [3.05, 3.63) is 24.2 Å². The van der Waals surface area contributed by atoms with E-state index in [2.05, 4.69) is 0 Å². The van der Waals surface area contributed by atoms with Crippen molar-refractivity contribution in [3.8, 4) is 0 Å². The highest BCUT2D eigenvalue weighted by molar-refractivity contribution is 5.63. The van der Waals surface area contributed by atoms with E-state index in [1.165, 1.54) is 0 Å². The molecule has 0 aromatic carbocycles. The van der Waals surface area contributed by atoms with E-state index in [4.69, 9.17) is 4.42 Å². The molecule has 1 aliphatic rings. The molecular formula is C9H10O2. The fourth-order valence-corrected chi connectivity index (χ4v) is 1.26. The Morgan fingerprint density at radius 1 is 1.64 bits per heavy atom. The molecule has 11 heavy (non-hydrogen) atoms. The smallest absolute Gasteiger partial charge is 0.126 e. The topological polar surface area (TPSA) is 30.2 Å². The van der Waals surface area contributed by atoms with Crippen LogP contribution in [0.5, 0.6) is 0 Å². The molecule has 0 aliphatic heterocycles. The molecule has 1 heterocycles. The van der Waals surface area contributed by atoms with E-state index >= 15 is 0 Å². The third-order valence-electron chi connectivity index (χ3n) is 2.25. The van der Waals surface area contributed by atoms with Gasteiger partial charge in [0.15, 0.2) is 0 Å². The summed E-state index contributed by atoms with van der Waals surface area (Å²) in [4.78, 5) is 10.6. The maximum absolute atomic E-state index is 10.6. The Balaban J connectivity index is 2.06. The predicted octanol–water partition coefficient (Wildman–Crippen LogP) is 1.80. The zero-order valence-electron chi connectivity index (χ0n) is 6.25.